The molecule has 0 aromatic carbocycles. The molecule has 14 unspecified atom stereocenters. The van der Waals surface area contributed by atoms with Crippen LogP contribution in [-0.2, 0) is 56.8 Å². The third-order valence-electron chi connectivity index (χ3n) is 25.0. The maximum Gasteiger partial charge on any atom is 0.187 e. The van der Waals surface area contributed by atoms with Crippen LogP contribution in [-0.4, -0.2) is 360 Å². The van der Waals surface area contributed by atoms with Crippen LogP contribution in [0, 0.1) is 45.3 Å². The summed E-state index contributed by atoms with van der Waals surface area (Å²) in [6, 6.07) is 0. The Morgan fingerprint density at radius 2 is 0.860 bits per heavy atom. The van der Waals surface area contributed by atoms with E-state index in [4.69, 9.17) is 56.8 Å². The van der Waals surface area contributed by atoms with Crippen LogP contribution >= 0.6 is 0 Å². The van der Waals surface area contributed by atoms with E-state index in [1.165, 1.54) is 13.8 Å². The van der Waals surface area contributed by atoms with Gasteiger partial charge in [-0.1, -0.05) is 53.2 Å². The van der Waals surface area contributed by atoms with E-state index in [2.05, 4.69) is 33.8 Å². The Balaban J connectivity index is 0.812. The molecule has 6 heterocycles. The van der Waals surface area contributed by atoms with Gasteiger partial charge in [-0.25, -0.2) is 0 Å². The highest BCUT2D eigenvalue weighted by Gasteiger charge is 2.71. The zero-order chi connectivity index (χ0) is 73.5. The Kier molecular flexibility index (Phi) is 25.5. The predicted octanol–water partition coefficient (Wildman–Crippen LogP) is -7.58. The average Bonchev–Trinajstić information content (AvgIpc) is 1.45. The fourth-order valence-electron chi connectivity index (χ4n) is 18.5. The maximum absolute atomic E-state index is 12.9. The molecular formula is C66H112O34. The highest BCUT2D eigenvalue weighted by Crippen LogP contribution is 2.75. The smallest absolute Gasteiger partial charge is 0.187 e. The van der Waals surface area contributed by atoms with E-state index in [1.54, 1.807) is 0 Å². The molecule has 0 spiro atoms. The second-order valence-corrected chi connectivity index (χ2v) is 31.5. The minimum atomic E-state index is -1.98. The summed E-state index contributed by atoms with van der Waals surface area (Å²) in [4.78, 5) is 0. The Labute approximate surface area is 579 Å². The molecule has 3 saturated carbocycles. The molecule has 0 amide bonds. The van der Waals surface area contributed by atoms with Gasteiger partial charge in [0.25, 0.3) is 0 Å². The van der Waals surface area contributed by atoms with Crippen molar-refractivity contribution in [2.45, 2.75) is 315 Å². The van der Waals surface area contributed by atoms with Gasteiger partial charge in [0.1, 0.15) is 146 Å². The first-order chi connectivity index (χ1) is 46.9. The van der Waals surface area contributed by atoms with Gasteiger partial charge >= 0.3 is 0 Å². The van der Waals surface area contributed by atoms with Gasteiger partial charge in [-0.05, 0) is 99.7 Å². The largest absolute Gasteiger partial charge is 0.394 e. The van der Waals surface area contributed by atoms with E-state index in [1.807, 2.05) is 13.8 Å². The lowest BCUT2D eigenvalue weighted by Gasteiger charge is -2.67. The summed E-state index contributed by atoms with van der Waals surface area (Å²) in [6.45, 7) is 11.3. The first-order valence-electron chi connectivity index (χ1n) is 35.1. The number of aliphatic hydroxyl groups excluding tert-OH is 21. The molecule has 100 heavy (non-hydrogen) atoms. The van der Waals surface area contributed by atoms with Gasteiger partial charge in [0.05, 0.1) is 63.6 Å². The number of hydrogen-bond donors (Lipinski definition) is 22. The summed E-state index contributed by atoms with van der Waals surface area (Å²) in [5.74, 6) is -0.192. The normalized spacial score (nSPS) is 52.1. The van der Waals surface area contributed by atoms with E-state index < -0.39 is 264 Å². The van der Waals surface area contributed by atoms with Crippen molar-refractivity contribution in [3.8, 4) is 0 Å². The van der Waals surface area contributed by atoms with Crippen LogP contribution in [0.1, 0.15) is 107 Å². The topological polar surface area (TPSA) is 556 Å². The van der Waals surface area contributed by atoms with Gasteiger partial charge < -0.3 is 169 Å². The van der Waals surface area contributed by atoms with Gasteiger partial charge in [0.15, 0.2) is 37.7 Å². The molecule has 580 valence electrons. The molecule has 0 radical (unpaired) electrons. The van der Waals surface area contributed by atoms with Crippen LogP contribution in [0.2, 0.25) is 0 Å². The van der Waals surface area contributed by atoms with Crippen LogP contribution < -0.4 is 0 Å². The van der Waals surface area contributed by atoms with Crippen molar-refractivity contribution >= 4 is 0 Å². The van der Waals surface area contributed by atoms with Crippen LogP contribution in [0.3, 0.4) is 0 Å². The number of fused-ring (bicyclic) bond motifs is 5. The van der Waals surface area contributed by atoms with Gasteiger partial charge in [0, 0.05) is 10.8 Å². The average molecular weight is 1450 g/mol. The van der Waals surface area contributed by atoms with Crippen LogP contribution in [0.15, 0.2) is 11.6 Å². The van der Waals surface area contributed by atoms with Gasteiger partial charge in [-0.2, -0.15) is 0 Å². The number of aliphatic hydroxyl groups is 22. The zero-order valence-corrected chi connectivity index (χ0v) is 57.6. The summed E-state index contributed by atoms with van der Waals surface area (Å²) in [5.41, 5.74) is -2.78. The van der Waals surface area contributed by atoms with Crippen molar-refractivity contribution in [1.29, 1.82) is 0 Å². The Hall–Kier alpha value is -1.62. The van der Waals surface area contributed by atoms with Crippen LogP contribution in [0.5, 0.6) is 0 Å². The Morgan fingerprint density at radius 3 is 1.35 bits per heavy atom. The fourth-order valence-corrected chi connectivity index (χ4v) is 18.5. The molecule has 34 nitrogen and oxygen atoms in total. The second kappa shape index (κ2) is 31.5. The molecule has 10 rings (SSSR count). The van der Waals surface area contributed by atoms with Gasteiger partial charge in [-0.3, -0.25) is 0 Å². The first-order valence-corrected chi connectivity index (χ1v) is 35.1. The molecular weight excluding hydrogens is 1340 g/mol. The maximum atomic E-state index is 12.9. The van der Waals surface area contributed by atoms with Gasteiger partial charge in [-0.15, -0.1) is 0 Å². The number of ether oxygens (including phenoxy) is 12. The molecule has 34 heteroatoms. The minimum absolute atomic E-state index is 0.0165. The Morgan fingerprint density at radius 1 is 0.460 bits per heavy atom. The van der Waals surface area contributed by atoms with E-state index >= 15 is 0 Å². The number of rotatable bonds is 23. The van der Waals surface area contributed by atoms with E-state index in [9.17, 15) is 112 Å². The highest BCUT2D eigenvalue weighted by atomic mass is 16.8. The molecule has 6 saturated heterocycles. The summed E-state index contributed by atoms with van der Waals surface area (Å²) < 4.78 is 71.4. The lowest BCUT2D eigenvalue weighted by molar-refractivity contribution is -0.380. The third kappa shape index (κ3) is 14.8. The Bertz CT molecular complexity index is 2670. The SMILES string of the molecule is C[C@H](CC[C@@H](O[C@@H]1OC(CO[C@@H]2OC(CO)[C@@H](O)[C@H](O)C2O)C(O)[C@H](O)C1O[C@@H]1OC(CO)[C@@H](O)[C@H](O)C1O)C(C)(C)O)[C@H]1CC[C@@]2(C)C3CC=C4[C@@H](CC[C@H](O[C@@H]5OC(CO[C@@H]6OC(CO)[C@@H](O)[C@H](O)C6O[C@@H]6OC(CO)[C@@H](O)[C@H](O)C6O)[C@@H](O)[C@H](O)C5O)C4(C)C)[C@]3(C)[C@H](O)C[C@]12C. The molecule has 22 N–H and O–H groups in total. The molecule has 9 fully saturated rings. The molecule has 6 aliphatic heterocycles. The summed E-state index contributed by atoms with van der Waals surface area (Å²) in [7, 11) is 0. The summed E-state index contributed by atoms with van der Waals surface area (Å²) in [6.07, 6.45) is -48.3. The fraction of sp³-hybridized carbons (Fsp3) is 0.970. The monoisotopic (exact) mass is 1450 g/mol. The van der Waals surface area contributed by atoms with Gasteiger partial charge in [0.2, 0.25) is 0 Å². The number of allylic oxidation sites excluding steroid dienone is 1. The van der Waals surface area contributed by atoms with Crippen molar-refractivity contribution in [1.82, 2.24) is 0 Å². The standard InChI is InChI=1S/C66H112O34/c1-24(9-13-37(63(4,5)88)98-61-55(100-59-53(87)46(80)40(74)30(20-69)93-59)49(83)43(77)33(96-61)22-89-56-50(84)44(78)38(72)28(18-67)91-56)25-15-16-64(6)34-12-10-26-27(66(34,8)35(71)17-65(25,64)7)11-14-36(62(26,2)3)97-57-51(85)47(81)42(76)32(95-57)23-90-60-54(48(82)41(75)31(21-70)94-60)99-58-52(86)45(79)39(73)29(19-68)92-58/h10,24-25,27-61,67-88H,9,11-23H2,1-8H3/t24-,25-,27-,28?,29?,30?,31?,32?,33?,34?,35-,36+,37-,38-,39-,40-,41-,42-,43?,44+,45+,46+,47+,48+,49+,50?,51?,52?,53?,54?,55?,56-,57+,58+,59+,60-,61+,64+,65-,66+/m1/s1. The molecule has 0 aromatic heterocycles. The second-order valence-electron chi connectivity index (χ2n) is 31.5. The van der Waals surface area contributed by atoms with Crippen molar-refractivity contribution in [2.75, 3.05) is 39.6 Å². The number of hydrogen-bond acceptors (Lipinski definition) is 34. The lowest BCUT2D eigenvalue weighted by atomic mass is 9.38. The van der Waals surface area contributed by atoms with Crippen molar-refractivity contribution in [3.05, 3.63) is 11.6 Å². The van der Waals surface area contributed by atoms with E-state index in [-0.39, 0.29) is 35.5 Å². The first kappa shape index (κ1) is 80.9. The zero-order valence-electron chi connectivity index (χ0n) is 57.6. The summed E-state index contributed by atoms with van der Waals surface area (Å²) in [5, 5.41) is 239. The van der Waals surface area contributed by atoms with Crippen LogP contribution in [0.4, 0.5) is 0 Å². The summed E-state index contributed by atoms with van der Waals surface area (Å²) >= 11 is 0. The lowest BCUT2D eigenvalue weighted by Crippen LogP contribution is -2.65. The minimum Gasteiger partial charge on any atom is -0.394 e. The van der Waals surface area contributed by atoms with Crippen LogP contribution in [0.25, 0.3) is 0 Å². The predicted molar refractivity (Wildman–Crippen MR) is 333 cm³/mol. The van der Waals surface area contributed by atoms with E-state index in [0.29, 0.717) is 32.1 Å². The third-order valence-corrected chi connectivity index (χ3v) is 25.0. The quantitative estimate of drug-likeness (QED) is 0.0423. The molecule has 10 aliphatic rings. The highest BCUT2D eigenvalue weighted by molar-refractivity contribution is 5.32. The van der Waals surface area contributed by atoms with Crippen molar-refractivity contribution in [3.63, 3.8) is 0 Å². The molecule has 0 aromatic rings. The molecule has 4 aliphatic carbocycles. The molecule has 0 bridgehead atoms. The van der Waals surface area contributed by atoms with Crippen molar-refractivity contribution in [2.24, 2.45) is 45.3 Å². The van der Waals surface area contributed by atoms with E-state index in [0.717, 1.165) is 18.4 Å². The molecule has 40 atom stereocenters. The van der Waals surface area contributed by atoms with Crippen molar-refractivity contribution < 1.29 is 169 Å².